The quantitative estimate of drug-likeness (QED) is 0.173. The second kappa shape index (κ2) is 9.72. The standard InChI is InChI=1S/C31H26O5/c1-3-30(33)36-35-25-18-14-23(15-19-25)31(22-12-16-24(17-13-22)34-20-21(2)32)28-10-6-4-8-26(28)27-9-5-7-11-29(27)31/h3-19,21,32H,1,20H2,2H3. The Morgan fingerprint density at radius 2 is 1.33 bits per heavy atom. The summed E-state index contributed by atoms with van der Waals surface area (Å²) >= 11 is 0. The van der Waals surface area contributed by atoms with Gasteiger partial charge in [0.25, 0.3) is 0 Å². The van der Waals surface area contributed by atoms with E-state index in [1.165, 1.54) is 22.3 Å². The summed E-state index contributed by atoms with van der Waals surface area (Å²) in [6.45, 7) is 5.30. The first kappa shape index (κ1) is 23.4. The molecule has 0 aromatic heterocycles. The van der Waals surface area contributed by atoms with Gasteiger partial charge in [-0.05, 0) is 64.6 Å². The highest BCUT2D eigenvalue weighted by atomic mass is 17.2. The normalized spacial score (nSPS) is 13.7. The Balaban J connectivity index is 1.65. The summed E-state index contributed by atoms with van der Waals surface area (Å²) in [6.07, 6.45) is 0.501. The SMILES string of the molecule is C=CC(=O)OOc1ccc(C2(c3ccc(OCC(C)O)cc3)c3ccccc3-c3ccccc32)cc1. The molecule has 0 bridgehead atoms. The van der Waals surface area contributed by atoms with Crippen molar-refractivity contribution in [2.45, 2.75) is 18.4 Å². The molecule has 0 fully saturated rings. The molecule has 4 aromatic rings. The highest BCUT2D eigenvalue weighted by Gasteiger charge is 2.45. The number of fused-ring (bicyclic) bond motifs is 3. The number of hydrogen-bond acceptors (Lipinski definition) is 5. The third kappa shape index (κ3) is 4.04. The van der Waals surface area contributed by atoms with Crippen molar-refractivity contribution in [1.29, 1.82) is 0 Å². The van der Waals surface area contributed by atoms with E-state index in [1.54, 1.807) is 19.1 Å². The first-order valence-corrected chi connectivity index (χ1v) is 11.8. The molecule has 1 N–H and O–H groups in total. The molecule has 5 rings (SSSR count). The largest absolute Gasteiger partial charge is 0.491 e. The average Bonchev–Trinajstić information content (AvgIpc) is 3.22. The highest BCUT2D eigenvalue weighted by Crippen LogP contribution is 2.56. The molecular formula is C31H26O5. The van der Waals surface area contributed by atoms with Crippen LogP contribution in [0.25, 0.3) is 11.1 Å². The number of hydrogen-bond donors (Lipinski definition) is 1. The van der Waals surface area contributed by atoms with Crippen molar-refractivity contribution in [2.24, 2.45) is 0 Å². The van der Waals surface area contributed by atoms with Crippen LogP contribution in [0.2, 0.25) is 0 Å². The molecule has 1 aliphatic carbocycles. The van der Waals surface area contributed by atoms with Crippen LogP contribution in [0.1, 0.15) is 29.2 Å². The van der Waals surface area contributed by atoms with Gasteiger partial charge in [-0.25, -0.2) is 9.68 Å². The first-order chi connectivity index (χ1) is 17.5. The van der Waals surface area contributed by atoms with Gasteiger partial charge in [0.1, 0.15) is 12.4 Å². The minimum Gasteiger partial charge on any atom is -0.491 e. The minimum absolute atomic E-state index is 0.230. The predicted molar refractivity (Wildman–Crippen MR) is 138 cm³/mol. The van der Waals surface area contributed by atoms with Gasteiger partial charge in [-0.3, -0.25) is 4.89 Å². The number of aliphatic hydroxyl groups excluding tert-OH is 1. The molecule has 5 heteroatoms. The smallest absolute Gasteiger partial charge is 0.378 e. The maximum Gasteiger partial charge on any atom is 0.378 e. The van der Waals surface area contributed by atoms with E-state index in [1.807, 2.05) is 24.3 Å². The van der Waals surface area contributed by atoms with Gasteiger partial charge in [-0.15, -0.1) is 0 Å². The van der Waals surface area contributed by atoms with Gasteiger partial charge in [0, 0.05) is 6.08 Å². The Kier molecular flexibility index (Phi) is 6.32. The van der Waals surface area contributed by atoms with Crippen molar-refractivity contribution in [3.63, 3.8) is 0 Å². The molecular weight excluding hydrogens is 452 g/mol. The predicted octanol–water partition coefficient (Wildman–Crippen LogP) is 5.83. The van der Waals surface area contributed by atoms with Crippen LogP contribution in [0.3, 0.4) is 0 Å². The summed E-state index contributed by atoms with van der Waals surface area (Å²) in [6, 6.07) is 32.5. The molecule has 4 aromatic carbocycles. The van der Waals surface area contributed by atoms with Crippen LogP contribution in [0.5, 0.6) is 11.5 Å². The van der Waals surface area contributed by atoms with Crippen LogP contribution in [0, 0.1) is 0 Å². The molecule has 0 aliphatic heterocycles. The van der Waals surface area contributed by atoms with E-state index >= 15 is 0 Å². The van der Waals surface area contributed by atoms with Gasteiger partial charge >= 0.3 is 5.97 Å². The third-order valence-electron chi connectivity index (χ3n) is 6.40. The number of benzene rings is 4. The molecule has 1 unspecified atom stereocenters. The van der Waals surface area contributed by atoms with Gasteiger partial charge in [0.05, 0.1) is 11.5 Å². The van der Waals surface area contributed by atoms with Crippen LogP contribution in [0.15, 0.2) is 110 Å². The molecule has 36 heavy (non-hydrogen) atoms. The van der Waals surface area contributed by atoms with E-state index < -0.39 is 17.5 Å². The number of ether oxygens (including phenoxy) is 1. The highest BCUT2D eigenvalue weighted by molar-refractivity contribution is 5.86. The van der Waals surface area contributed by atoms with E-state index in [-0.39, 0.29) is 6.61 Å². The summed E-state index contributed by atoms with van der Waals surface area (Å²) in [4.78, 5) is 21.3. The molecule has 1 atom stereocenters. The van der Waals surface area contributed by atoms with Crippen LogP contribution in [-0.4, -0.2) is 23.8 Å². The molecule has 180 valence electrons. The summed E-state index contributed by atoms with van der Waals surface area (Å²) in [5.74, 6) is 0.444. The number of carbonyl (C=O) groups excluding carboxylic acids is 1. The molecule has 5 nitrogen and oxygen atoms in total. The topological polar surface area (TPSA) is 65.0 Å². The molecule has 0 heterocycles. The van der Waals surface area contributed by atoms with Crippen molar-refractivity contribution in [3.8, 4) is 22.6 Å². The molecule has 0 saturated heterocycles. The zero-order chi connectivity index (χ0) is 25.1. The maximum absolute atomic E-state index is 11.4. The first-order valence-electron chi connectivity index (χ1n) is 11.8. The average molecular weight is 479 g/mol. The Morgan fingerprint density at radius 1 is 0.833 bits per heavy atom. The van der Waals surface area contributed by atoms with Gasteiger partial charge in [-0.1, -0.05) is 79.4 Å². The van der Waals surface area contributed by atoms with E-state index in [0.717, 1.165) is 17.2 Å². The zero-order valence-corrected chi connectivity index (χ0v) is 19.9. The van der Waals surface area contributed by atoms with E-state index in [2.05, 4.69) is 67.2 Å². The molecule has 1 aliphatic rings. The Labute approximate surface area is 210 Å². The zero-order valence-electron chi connectivity index (χ0n) is 19.9. The van der Waals surface area contributed by atoms with Crippen LogP contribution >= 0.6 is 0 Å². The molecule has 0 radical (unpaired) electrons. The lowest BCUT2D eigenvalue weighted by molar-refractivity contribution is -0.207. The second-order valence-corrected chi connectivity index (χ2v) is 8.74. The lowest BCUT2D eigenvalue weighted by Crippen LogP contribution is -2.28. The second-order valence-electron chi connectivity index (χ2n) is 8.74. The summed E-state index contributed by atoms with van der Waals surface area (Å²) in [5, 5.41) is 9.59. The van der Waals surface area contributed by atoms with Crippen LogP contribution in [0.4, 0.5) is 0 Å². The number of rotatable bonds is 8. The molecule has 0 amide bonds. The number of carbonyl (C=O) groups is 1. The summed E-state index contributed by atoms with van der Waals surface area (Å²) in [5.41, 5.74) is 6.26. The molecule has 0 saturated carbocycles. The van der Waals surface area contributed by atoms with E-state index in [0.29, 0.717) is 11.5 Å². The van der Waals surface area contributed by atoms with E-state index in [4.69, 9.17) is 14.5 Å². The van der Waals surface area contributed by atoms with Crippen LogP contribution in [-0.2, 0) is 15.1 Å². The fourth-order valence-electron chi connectivity index (χ4n) is 4.93. The van der Waals surface area contributed by atoms with Crippen molar-refractivity contribution in [1.82, 2.24) is 0 Å². The molecule has 0 spiro atoms. The Morgan fingerprint density at radius 3 is 1.83 bits per heavy atom. The van der Waals surface area contributed by atoms with Gasteiger partial charge in [-0.2, -0.15) is 0 Å². The fourth-order valence-corrected chi connectivity index (χ4v) is 4.93. The van der Waals surface area contributed by atoms with Crippen molar-refractivity contribution in [2.75, 3.05) is 6.61 Å². The summed E-state index contributed by atoms with van der Waals surface area (Å²) < 4.78 is 5.72. The lowest BCUT2D eigenvalue weighted by Gasteiger charge is -2.34. The van der Waals surface area contributed by atoms with Gasteiger partial charge in [0.15, 0.2) is 5.75 Å². The monoisotopic (exact) mass is 478 g/mol. The van der Waals surface area contributed by atoms with Gasteiger partial charge in [0.2, 0.25) is 0 Å². The van der Waals surface area contributed by atoms with Gasteiger partial charge < -0.3 is 9.84 Å². The minimum atomic E-state index is -0.660. The summed E-state index contributed by atoms with van der Waals surface area (Å²) in [7, 11) is 0. The van der Waals surface area contributed by atoms with Crippen molar-refractivity contribution >= 4 is 5.97 Å². The van der Waals surface area contributed by atoms with E-state index in [9.17, 15) is 9.90 Å². The van der Waals surface area contributed by atoms with Crippen LogP contribution < -0.4 is 9.62 Å². The maximum atomic E-state index is 11.4. The third-order valence-corrected chi connectivity index (χ3v) is 6.40. The van der Waals surface area contributed by atoms with Crippen molar-refractivity contribution in [3.05, 3.63) is 132 Å². The Bertz CT molecular complexity index is 1340. The fraction of sp³-hybridized carbons (Fsp3) is 0.129. The Hall–Kier alpha value is -4.35. The number of aliphatic hydroxyl groups is 1. The lowest BCUT2D eigenvalue weighted by atomic mass is 9.68. The van der Waals surface area contributed by atoms with Crippen molar-refractivity contribution < 1.29 is 24.4 Å².